The van der Waals surface area contributed by atoms with Crippen LogP contribution in [0.5, 0.6) is 0 Å². The van der Waals surface area contributed by atoms with E-state index in [0.29, 0.717) is 16.9 Å². The van der Waals surface area contributed by atoms with Gasteiger partial charge in [-0.05, 0) is 12.5 Å². The van der Waals surface area contributed by atoms with E-state index in [9.17, 15) is 4.79 Å². The van der Waals surface area contributed by atoms with Crippen LogP contribution in [-0.4, -0.2) is 24.3 Å². The van der Waals surface area contributed by atoms with Crippen molar-refractivity contribution in [3.8, 4) is 0 Å². The van der Waals surface area contributed by atoms with Crippen LogP contribution in [0, 0.1) is 6.92 Å². The van der Waals surface area contributed by atoms with E-state index in [0.717, 1.165) is 5.56 Å². The van der Waals surface area contributed by atoms with Gasteiger partial charge in [0.1, 0.15) is 0 Å². The Morgan fingerprint density at radius 2 is 2.27 bits per heavy atom. The van der Waals surface area contributed by atoms with Gasteiger partial charge in [0.2, 0.25) is 5.78 Å². The molecule has 0 bridgehead atoms. The number of imidazole rings is 1. The molecule has 3 heterocycles. The van der Waals surface area contributed by atoms with Gasteiger partial charge in [-0.15, -0.1) is 0 Å². The monoisotopic (exact) mass is 201 g/mol. The summed E-state index contributed by atoms with van der Waals surface area (Å²) in [4.78, 5) is 26.8. The number of aromatic amines is 1. The maximum Gasteiger partial charge on any atom is 0.285 e. The Morgan fingerprint density at radius 1 is 1.40 bits per heavy atom. The van der Waals surface area contributed by atoms with Crippen LogP contribution in [0.3, 0.4) is 0 Å². The van der Waals surface area contributed by atoms with E-state index in [1.54, 1.807) is 12.4 Å². The zero-order valence-electron chi connectivity index (χ0n) is 7.93. The first-order valence-electron chi connectivity index (χ1n) is 4.44. The summed E-state index contributed by atoms with van der Waals surface area (Å²) in [5, 5.41) is 0. The highest BCUT2D eigenvalue weighted by Crippen LogP contribution is 2.02. The molecule has 0 amide bonds. The molecule has 0 unspecified atom stereocenters. The number of hydrogen-bond acceptors (Lipinski definition) is 4. The highest BCUT2D eigenvalue weighted by Gasteiger charge is 2.07. The molecule has 0 atom stereocenters. The summed E-state index contributed by atoms with van der Waals surface area (Å²) < 4.78 is 1.41. The van der Waals surface area contributed by atoms with Crippen molar-refractivity contribution in [1.29, 1.82) is 0 Å². The van der Waals surface area contributed by atoms with Gasteiger partial charge in [-0.3, -0.25) is 4.79 Å². The molecule has 0 spiro atoms. The van der Waals surface area contributed by atoms with Crippen molar-refractivity contribution in [2.75, 3.05) is 0 Å². The molecule has 0 radical (unpaired) electrons. The van der Waals surface area contributed by atoms with Crippen molar-refractivity contribution >= 4 is 16.9 Å². The van der Waals surface area contributed by atoms with Gasteiger partial charge in [-0.25, -0.2) is 14.4 Å². The van der Waals surface area contributed by atoms with Crippen molar-refractivity contribution in [2.24, 2.45) is 0 Å². The van der Waals surface area contributed by atoms with Crippen molar-refractivity contribution in [2.45, 2.75) is 6.92 Å². The third-order valence-electron chi connectivity index (χ3n) is 2.19. The van der Waals surface area contributed by atoms with Gasteiger partial charge in [0.05, 0.1) is 6.33 Å². The summed E-state index contributed by atoms with van der Waals surface area (Å²) in [6, 6.07) is 0. The maximum atomic E-state index is 11.9. The zero-order valence-corrected chi connectivity index (χ0v) is 7.93. The molecule has 3 aromatic rings. The Bertz CT molecular complexity index is 711. The lowest BCUT2D eigenvalue weighted by molar-refractivity contribution is 0.999. The molecule has 6 heteroatoms. The van der Waals surface area contributed by atoms with Gasteiger partial charge < -0.3 is 4.98 Å². The fourth-order valence-corrected chi connectivity index (χ4v) is 1.49. The van der Waals surface area contributed by atoms with Crippen LogP contribution in [0.4, 0.5) is 0 Å². The summed E-state index contributed by atoms with van der Waals surface area (Å²) in [6.45, 7) is 1.87. The molecular formula is C9H7N5O. The van der Waals surface area contributed by atoms with Crippen LogP contribution in [0.25, 0.3) is 16.9 Å². The number of fused-ring (bicyclic) bond motifs is 2. The minimum absolute atomic E-state index is 0.177. The second-order valence-corrected chi connectivity index (χ2v) is 3.32. The molecule has 3 aromatic heterocycles. The first-order chi connectivity index (χ1) is 7.25. The van der Waals surface area contributed by atoms with Crippen LogP contribution in [-0.2, 0) is 0 Å². The predicted octanol–water partition coefficient (Wildman–Crippen LogP) is 0.274. The maximum absolute atomic E-state index is 11.9. The average molecular weight is 201 g/mol. The van der Waals surface area contributed by atoms with Gasteiger partial charge >= 0.3 is 0 Å². The van der Waals surface area contributed by atoms with Crippen molar-refractivity contribution < 1.29 is 0 Å². The zero-order chi connectivity index (χ0) is 10.4. The van der Waals surface area contributed by atoms with E-state index in [2.05, 4.69) is 19.9 Å². The Hall–Kier alpha value is -2.24. The highest BCUT2D eigenvalue weighted by molar-refractivity contribution is 5.70. The van der Waals surface area contributed by atoms with E-state index in [4.69, 9.17) is 0 Å². The first kappa shape index (κ1) is 8.10. The minimum Gasteiger partial charge on any atom is -0.339 e. The van der Waals surface area contributed by atoms with E-state index < -0.39 is 0 Å². The minimum atomic E-state index is -0.177. The lowest BCUT2D eigenvalue weighted by atomic mass is 10.4. The number of rotatable bonds is 0. The number of nitrogens with zero attached hydrogens (tertiary/aromatic N) is 4. The number of H-pyrrole nitrogens is 1. The average Bonchev–Trinajstić information content (AvgIpc) is 2.68. The number of aromatic nitrogens is 5. The lowest BCUT2D eigenvalue weighted by Crippen LogP contribution is -2.16. The third kappa shape index (κ3) is 1.04. The first-order valence-corrected chi connectivity index (χ1v) is 4.44. The van der Waals surface area contributed by atoms with Gasteiger partial charge in [-0.2, -0.15) is 4.98 Å². The quantitative estimate of drug-likeness (QED) is 0.566. The Balaban J connectivity index is 2.64. The molecule has 15 heavy (non-hydrogen) atoms. The summed E-state index contributed by atoms with van der Waals surface area (Å²) in [5.74, 6) is 0.366. The smallest absolute Gasteiger partial charge is 0.285 e. The molecule has 0 fully saturated rings. The molecule has 0 aliphatic rings. The van der Waals surface area contributed by atoms with Crippen LogP contribution in [0.1, 0.15) is 5.56 Å². The summed E-state index contributed by atoms with van der Waals surface area (Å²) in [7, 11) is 0. The molecule has 0 aliphatic heterocycles. The van der Waals surface area contributed by atoms with E-state index in [1.807, 2.05) is 6.92 Å². The Kier molecular flexibility index (Phi) is 1.42. The van der Waals surface area contributed by atoms with Crippen LogP contribution in [0.2, 0.25) is 0 Å². The largest absolute Gasteiger partial charge is 0.339 e. The highest BCUT2D eigenvalue weighted by atomic mass is 16.1. The van der Waals surface area contributed by atoms with Crippen LogP contribution < -0.4 is 5.56 Å². The SMILES string of the molecule is Cc1cnc2nc3nc[nH]c3c(=O)n2c1. The normalized spacial score (nSPS) is 11.3. The molecule has 1 N–H and O–H groups in total. The summed E-state index contributed by atoms with van der Waals surface area (Å²) in [5.41, 5.74) is 1.53. The molecule has 0 aliphatic carbocycles. The predicted molar refractivity (Wildman–Crippen MR) is 53.6 cm³/mol. The van der Waals surface area contributed by atoms with E-state index in [1.165, 1.54) is 10.7 Å². The molecule has 0 saturated carbocycles. The molecular weight excluding hydrogens is 194 g/mol. The molecule has 6 nitrogen and oxygen atoms in total. The lowest BCUT2D eigenvalue weighted by Gasteiger charge is -1.99. The number of hydrogen-bond donors (Lipinski definition) is 1. The van der Waals surface area contributed by atoms with Gasteiger partial charge in [0.25, 0.3) is 5.56 Å². The van der Waals surface area contributed by atoms with Gasteiger partial charge in [-0.1, -0.05) is 0 Å². The summed E-state index contributed by atoms with van der Waals surface area (Å²) in [6.07, 6.45) is 4.82. The standard InChI is InChI=1S/C9H7N5O/c1-5-2-10-9-13-7-6(11-4-12-7)8(15)14(9)3-5/h2-4H,1H3,(H,11,12). The van der Waals surface area contributed by atoms with Crippen molar-refractivity contribution in [1.82, 2.24) is 24.3 Å². The van der Waals surface area contributed by atoms with Crippen molar-refractivity contribution in [3.05, 3.63) is 34.6 Å². The van der Waals surface area contributed by atoms with Crippen molar-refractivity contribution in [3.63, 3.8) is 0 Å². The fraction of sp³-hybridized carbons (Fsp3) is 0.111. The van der Waals surface area contributed by atoms with Crippen LogP contribution in [0.15, 0.2) is 23.5 Å². The molecule has 3 rings (SSSR count). The number of nitrogens with one attached hydrogen (secondary N) is 1. The van der Waals surface area contributed by atoms with Gasteiger partial charge in [0, 0.05) is 12.4 Å². The second kappa shape index (κ2) is 2.63. The van der Waals surface area contributed by atoms with E-state index >= 15 is 0 Å². The van der Waals surface area contributed by atoms with E-state index in [-0.39, 0.29) is 5.56 Å². The Labute approximate surface area is 83.6 Å². The second-order valence-electron chi connectivity index (χ2n) is 3.32. The fourth-order valence-electron chi connectivity index (χ4n) is 1.49. The molecule has 74 valence electrons. The number of aryl methyl sites for hydroxylation is 1. The topological polar surface area (TPSA) is 75.9 Å². The molecule has 0 aromatic carbocycles. The third-order valence-corrected chi connectivity index (χ3v) is 2.19. The van der Waals surface area contributed by atoms with Gasteiger partial charge in [0.15, 0.2) is 11.2 Å². The van der Waals surface area contributed by atoms with Crippen LogP contribution >= 0.6 is 0 Å². The Morgan fingerprint density at radius 3 is 3.13 bits per heavy atom. The molecule has 0 saturated heterocycles. The summed E-state index contributed by atoms with van der Waals surface area (Å²) >= 11 is 0.